The standard InChI is InChI=1S/C26H31N3O2/c1-26(2,31)24(19-8-4-3-5-9-19)28-21-15-13-20(14-16-21)25(30)29-22-12-6-10-18-11-7-17-27-23(18)22/h3-12,17,20-21,24,28,31H,13-16H2,1-2H3,(H,29,30). The van der Waals surface area contributed by atoms with Crippen LogP contribution in [-0.4, -0.2) is 27.6 Å². The molecule has 0 saturated heterocycles. The lowest BCUT2D eigenvalue weighted by Crippen LogP contribution is -2.46. The maximum atomic E-state index is 12.9. The highest BCUT2D eigenvalue weighted by Gasteiger charge is 2.33. The fourth-order valence-corrected chi connectivity index (χ4v) is 4.55. The van der Waals surface area contributed by atoms with Crippen molar-refractivity contribution < 1.29 is 9.90 Å². The summed E-state index contributed by atoms with van der Waals surface area (Å²) in [7, 11) is 0. The minimum atomic E-state index is -0.878. The molecular weight excluding hydrogens is 386 g/mol. The lowest BCUT2D eigenvalue weighted by Gasteiger charge is -2.37. The smallest absolute Gasteiger partial charge is 0.227 e. The normalized spacial score (nSPS) is 20.4. The lowest BCUT2D eigenvalue weighted by molar-refractivity contribution is -0.120. The Kier molecular flexibility index (Phi) is 6.35. The SMILES string of the molecule is CC(C)(O)C(NC1CCC(C(=O)Nc2cccc3cccnc23)CC1)c1ccccc1. The van der Waals surface area contributed by atoms with E-state index < -0.39 is 5.60 Å². The topological polar surface area (TPSA) is 74.2 Å². The molecule has 3 aromatic rings. The molecule has 1 aliphatic rings. The third kappa shape index (κ3) is 5.12. The predicted octanol–water partition coefficient (Wildman–Crippen LogP) is 4.83. The van der Waals surface area contributed by atoms with Gasteiger partial charge in [-0.1, -0.05) is 48.5 Å². The van der Waals surface area contributed by atoms with Crippen molar-refractivity contribution in [2.75, 3.05) is 5.32 Å². The molecular formula is C26H31N3O2. The fraction of sp³-hybridized carbons (Fsp3) is 0.385. The van der Waals surface area contributed by atoms with Gasteiger partial charge in [-0.3, -0.25) is 9.78 Å². The molecule has 3 N–H and O–H groups in total. The van der Waals surface area contributed by atoms with Gasteiger partial charge in [0.15, 0.2) is 0 Å². The Morgan fingerprint density at radius 3 is 2.42 bits per heavy atom. The van der Waals surface area contributed by atoms with Gasteiger partial charge in [-0.2, -0.15) is 0 Å². The molecule has 162 valence electrons. The number of aliphatic hydroxyl groups is 1. The molecule has 0 radical (unpaired) electrons. The minimum Gasteiger partial charge on any atom is -0.388 e. The monoisotopic (exact) mass is 417 g/mol. The molecule has 5 heteroatoms. The molecule has 0 spiro atoms. The molecule has 31 heavy (non-hydrogen) atoms. The van der Waals surface area contributed by atoms with E-state index in [-0.39, 0.29) is 23.9 Å². The zero-order valence-electron chi connectivity index (χ0n) is 18.2. The van der Waals surface area contributed by atoms with Crippen molar-refractivity contribution in [3.8, 4) is 0 Å². The van der Waals surface area contributed by atoms with Crippen LogP contribution in [0.1, 0.15) is 51.1 Å². The molecule has 2 aromatic carbocycles. The Labute approximate surface area is 183 Å². The summed E-state index contributed by atoms with van der Waals surface area (Å²) in [5.41, 5.74) is 1.80. The first kappa shape index (κ1) is 21.5. The Morgan fingerprint density at radius 1 is 1.00 bits per heavy atom. The van der Waals surface area contributed by atoms with Gasteiger partial charge in [0.25, 0.3) is 0 Å². The van der Waals surface area contributed by atoms with Crippen molar-refractivity contribution in [2.24, 2.45) is 5.92 Å². The van der Waals surface area contributed by atoms with Crippen LogP contribution in [0.15, 0.2) is 66.9 Å². The van der Waals surface area contributed by atoms with Crippen LogP contribution in [0, 0.1) is 5.92 Å². The third-order valence-electron chi connectivity index (χ3n) is 6.23. The molecule has 0 aliphatic heterocycles. The van der Waals surface area contributed by atoms with E-state index in [9.17, 15) is 9.90 Å². The van der Waals surface area contributed by atoms with Crippen LogP contribution in [0.2, 0.25) is 0 Å². The summed E-state index contributed by atoms with van der Waals surface area (Å²) < 4.78 is 0. The average molecular weight is 418 g/mol. The summed E-state index contributed by atoms with van der Waals surface area (Å²) in [6, 6.07) is 20.0. The Balaban J connectivity index is 1.37. The number of fused-ring (bicyclic) bond motifs is 1. The number of hydrogen-bond acceptors (Lipinski definition) is 4. The van der Waals surface area contributed by atoms with Gasteiger partial charge in [-0.15, -0.1) is 0 Å². The van der Waals surface area contributed by atoms with Crippen LogP contribution >= 0.6 is 0 Å². The van der Waals surface area contributed by atoms with Gasteiger partial charge in [0, 0.05) is 23.5 Å². The van der Waals surface area contributed by atoms with Crippen LogP contribution in [0.25, 0.3) is 10.9 Å². The zero-order valence-corrected chi connectivity index (χ0v) is 18.2. The van der Waals surface area contributed by atoms with Crippen molar-refractivity contribution in [3.63, 3.8) is 0 Å². The number of rotatable bonds is 6. The predicted molar refractivity (Wildman–Crippen MR) is 125 cm³/mol. The average Bonchev–Trinajstić information content (AvgIpc) is 2.78. The van der Waals surface area contributed by atoms with Crippen molar-refractivity contribution in [1.29, 1.82) is 0 Å². The molecule has 1 saturated carbocycles. The van der Waals surface area contributed by atoms with E-state index in [2.05, 4.69) is 15.6 Å². The van der Waals surface area contributed by atoms with Crippen LogP contribution in [0.5, 0.6) is 0 Å². The summed E-state index contributed by atoms with van der Waals surface area (Å²) in [6.45, 7) is 3.68. The van der Waals surface area contributed by atoms with Crippen LogP contribution in [0.3, 0.4) is 0 Å². The highest BCUT2D eigenvalue weighted by molar-refractivity contribution is 6.01. The molecule has 4 rings (SSSR count). The zero-order chi connectivity index (χ0) is 21.8. The van der Waals surface area contributed by atoms with Gasteiger partial charge in [0.1, 0.15) is 0 Å². The molecule has 5 nitrogen and oxygen atoms in total. The lowest BCUT2D eigenvalue weighted by atomic mass is 9.83. The summed E-state index contributed by atoms with van der Waals surface area (Å²) in [5, 5.41) is 18.5. The Morgan fingerprint density at radius 2 is 1.71 bits per heavy atom. The second-order valence-electron chi connectivity index (χ2n) is 9.08. The molecule has 1 fully saturated rings. The molecule has 1 unspecified atom stereocenters. The molecule has 1 aromatic heterocycles. The van der Waals surface area contributed by atoms with Crippen LogP contribution < -0.4 is 10.6 Å². The summed E-state index contributed by atoms with van der Waals surface area (Å²) in [4.78, 5) is 17.3. The largest absolute Gasteiger partial charge is 0.388 e. The number of carbonyl (C=O) groups excluding carboxylic acids is 1. The first-order valence-corrected chi connectivity index (χ1v) is 11.1. The van der Waals surface area contributed by atoms with E-state index in [1.165, 1.54) is 0 Å². The van der Waals surface area contributed by atoms with E-state index in [1.54, 1.807) is 6.20 Å². The number of benzene rings is 2. The Bertz CT molecular complexity index is 1020. The number of carbonyl (C=O) groups is 1. The van der Waals surface area contributed by atoms with E-state index in [4.69, 9.17) is 0 Å². The van der Waals surface area contributed by atoms with E-state index in [0.29, 0.717) is 0 Å². The van der Waals surface area contributed by atoms with Gasteiger partial charge in [-0.25, -0.2) is 0 Å². The van der Waals surface area contributed by atoms with Crippen molar-refractivity contribution in [1.82, 2.24) is 10.3 Å². The number of pyridine rings is 1. The minimum absolute atomic E-state index is 0.00525. The summed E-state index contributed by atoms with van der Waals surface area (Å²) in [6.07, 6.45) is 5.22. The van der Waals surface area contributed by atoms with E-state index in [1.807, 2.05) is 74.5 Å². The molecule has 1 atom stereocenters. The maximum absolute atomic E-state index is 12.9. The number of para-hydroxylation sites is 1. The number of aromatic nitrogens is 1. The van der Waals surface area contributed by atoms with Crippen LogP contribution in [-0.2, 0) is 4.79 Å². The summed E-state index contributed by atoms with van der Waals surface area (Å²) >= 11 is 0. The van der Waals surface area contributed by atoms with Gasteiger partial charge < -0.3 is 15.7 Å². The van der Waals surface area contributed by atoms with E-state index in [0.717, 1.165) is 47.8 Å². The van der Waals surface area contributed by atoms with Gasteiger partial charge in [0.2, 0.25) is 5.91 Å². The Hall–Kier alpha value is -2.76. The second-order valence-corrected chi connectivity index (χ2v) is 9.08. The maximum Gasteiger partial charge on any atom is 0.227 e. The van der Waals surface area contributed by atoms with E-state index >= 15 is 0 Å². The van der Waals surface area contributed by atoms with Crippen LogP contribution in [0.4, 0.5) is 5.69 Å². The number of anilines is 1. The molecule has 1 heterocycles. The third-order valence-corrected chi connectivity index (χ3v) is 6.23. The number of amides is 1. The second kappa shape index (κ2) is 9.16. The van der Waals surface area contributed by atoms with Gasteiger partial charge in [0.05, 0.1) is 22.8 Å². The summed E-state index contributed by atoms with van der Waals surface area (Å²) in [5.74, 6) is 0.0630. The number of hydrogen-bond donors (Lipinski definition) is 3. The quantitative estimate of drug-likeness (QED) is 0.537. The van der Waals surface area contributed by atoms with Crippen molar-refractivity contribution in [3.05, 3.63) is 72.4 Å². The number of nitrogens with one attached hydrogen (secondary N) is 2. The van der Waals surface area contributed by atoms with Crippen molar-refractivity contribution in [2.45, 2.75) is 57.2 Å². The van der Waals surface area contributed by atoms with Crippen molar-refractivity contribution >= 4 is 22.5 Å². The highest BCUT2D eigenvalue weighted by atomic mass is 16.3. The van der Waals surface area contributed by atoms with Gasteiger partial charge >= 0.3 is 0 Å². The van der Waals surface area contributed by atoms with Gasteiger partial charge in [-0.05, 0) is 57.2 Å². The molecule has 0 bridgehead atoms. The highest BCUT2D eigenvalue weighted by Crippen LogP contribution is 2.31. The number of nitrogens with zero attached hydrogens (tertiary/aromatic N) is 1. The first-order valence-electron chi connectivity index (χ1n) is 11.1. The molecule has 1 amide bonds. The molecule has 1 aliphatic carbocycles. The first-order chi connectivity index (χ1) is 14.9. The fourth-order valence-electron chi connectivity index (χ4n) is 4.55.